The largest absolute Gasteiger partial charge is 0.383 e. The van der Waals surface area contributed by atoms with E-state index in [2.05, 4.69) is 10.4 Å². The Morgan fingerprint density at radius 3 is 2.94 bits per heavy atom. The SMILES string of the molecule is Cc1ccn(CCNc2cccc(Cl)c2)n1. The number of benzene rings is 1. The number of hydrogen-bond acceptors (Lipinski definition) is 2. The summed E-state index contributed by atoms with van der Waals surface area (Å²) >= 11 is 5.89. The minimum absolute atomic E-state index is 0.750. The van der Waals surface area contributed by atoms with Gasteiger partial charge in [0.15, 0.2) is 0 Å². The molecule has 3 nitrogen and oxygen atoms in total. The van der Waals surface area contributed by atoms with Crippen molar-refractivity contribution in [3.63, 3.8) is 0 Å². The standard InChI is InChI=1S/C12H14ClN3/c1-10-5-7-16(15-10)8-6-14-12-4-2-3-11(13)9-12/h2-5,7,9,14H,6,8H2,1H3. The fourth-order valence-electron chi connectivity index (χ4n) is 1.50. The zero-order valence-electron chi connectivity index (χ0n) is 9.15. The smallest absolute Gasteiger partial charge is 0.0593 e. The zero-order chi connectivity index (χ0) is 11.4. The third kappa shape index (κ3) is 3.00. The van der Waals surface area contributed by atoms with Crippen LogP contribution in [0.2, 0.25) is 5.02 Å². The molecule has 0 amide bonds. The second-order valence-corrected chi connectivity index (χ2v) is 4.09. The molecule has 1 heterocycles. The molecular formula is C12H14ClN3. The molecule has 0 radical (unpaired) electrons. The monoisotopic (exact) mass is 235 g/mol. The van der Waals surface area contributed by atoms with Crippen molar-refractivity contribution in [2.45, 2.75) is 13.5 Å². The topological polar surface area (TPSA) is 29.9 Å². The maximum atomic E-state index is 5.89. The number of nitrogens with one attached hydrogen (secondary N) is 1. The van der Waals surface area contributed by atoms with E-state index in [1.54, 1.807) is 0 Å². The summed E-state index contributed by atoms with van der Waals surface area (Å²) in [6, 6.07) is 9.71. The van der Waals surface area contributed by atoms with E-state index in [1.165, 1.54) is 0 Å². The fourth-order valence-corrected chi connectivity index (χ4v) is 1.69. The van der Waals surface area contributed by atoms with Gasteiger partial charge >= 0.3 is 0 Å². The molecule has 0 aliphatic rings. The number of aryl methyl sites for hydroxylation is 1. The molecule has 0 saturated heterocycles. The second-order valence-electron chi connectivity index (χ2n) is 3.66. The molecule has 4 heteroatoms. The van der Waals surface area contributed by atoms with Crippen LogP contribution in [0.4, 0.5) is 5.69 Å². The Labute approximate surface area is 100 Å². The Bertz CT molecular complexity index is 465. The van der Waals surface area contributed by atoms with Crippen LogP contribution >= 0.6 is 11.6 Å². The van der Waals surface area contributed by atoms with E-state index in [-0.39, 0.29) is 0 Å². The number of rotatable bonds is 4. The van der Waals surface area contributed by atoms with Gasteiger partial charge in [0.05, 0.1) is 12.2 Å². The molecule has 0 fully saturated rings. The van der Waals surface area contributed by atoms with Gasteiger partial charge in [0.25, 0.3) is 0 Å². The lowest BCUT2D eigenvalue weighted by Gasteiger charge is -2.06. The molecule has 0 aliphatic heterocycles. The second kappa shape index (κ2) is 5.03. The Balaban J connectivity index is 1.84. The molecule has 0 bridgehead atoms. The number of hydrogen-bond donors (Lipinski definition) is 1. The normalized spacial score (nSPS) is 10.4. The summed E-state index contributed by atoms with van der Waals surface area (Å²) in [5.41, 5.74) is 2.08. The van der Waals surface area contributed by atoms with E-state index in [4.69, 9.17) is 11.6 Å². The molecule has 1 aromatic heterocycles. The van der Waals surface area contributed by atoms with Crippen molar-refractivity contribution in [2.24, 2.45) is 0 Å². The molecule has 84 valence electrons. The molecule has 2 rings (SSSR count). The lowest BCUT2D eigenvalue weighted by Crippen LogP contribution is -2.10. The summed E-state index contributed by atoms with van der Waals surface area (Å²) in [6.07, 6.45) is 1.98. The predicted molar refractivity (Wildman–Crippen MR) is 66.9 cm³/mol. The van der Waals surface area contributed by atoms with E-state index in [0.717, 1.165) is 29.5 Å². The summed E-state index contributed by atoms with van der Waals surface area (Å²) in [6.45, 7) is 3.67. The first-order chi connectivity index (χ1) is 7.74. The van der Waals surface area contributed by atoms with Crippen molar-refractivity contribution in [1.29, 1.82) is 0 Å². The lowest BCUT2D eigenvalue weighted by molar-refractivity contribution is 0.632. The Morgan fingerprint density at radius 2 is 2.25 bits per heavy atom. The number of halogens is 1. The van der Waals surface area contributed by atoms with Crippen molar-refractivity contribution in [3.05, 3.63) is 47.2 Å². The van der Waals surface area contributed by atoms with Crippen LogP contribution in [0.25, 0.3) is 0 Å². The van der Waals surface area contributed by atoms with Crippen LogP contribution in [0, 0.1) is 6.92 Å². The minimum Gasteiger partial charge on any atom is -0.383 e. The molecule has 2 aromatic rings. The summed E-state index contributed by atoms with van der Waals surface area (Å²) in [4.78, 5) is 0. The van der Waals surface area contributed by atoms with Crippen molar-refractivity contribution in [3.8, 4) is 0 Å². The Kier molecular flexibility index (Phi) is 3.47. The van der Waals surface area contributed by atoms with Crippen molar-refractivity contribution in [2.75, 3.05) is 11.9 Å². The number of nitrogens with zero attached hydrogens (tertiary/aromatic N) is 2. The number of anilines is 1. The molecule has 16 heavy (non-hydrogen) atoms. The van der Waals surface area contributed by atoms with E-state index < -0.39 is 0 Å². The van der Waals surface area contributed by atoms with Gasteiger partial charge in [-0.1, -0.05) is 17.7 Å². The molecule has 1 aromatic carbocycles. The maximum absolute atomic E-state index is 5.89. The van der Waals surface area contributed by atoms with Gasteiger partial charge in [-0.3, -0.25) is 4.68 Å². The molecule has 0 unspecified atom stereocenters. The fraction of sp³-hybridized carbons (Fsp3) is 0.250. The van der Waals surface area contributed by atoms with Gasteiger partial charge in [-0.25, -0.2) is 0 Å². The third-order valence-electron chi connectivity index (χ3n) is 2.27. The van der Waals surface area contributed by atoms with Gasteiger partial charge < -0.3 is 5.32 Å². The van der Waals surface area contributed by atoms with Crippen LogP contribution in [-0.2, 0) is 6.54 Å². The highest BCUT2D eigenvalue weighted by Crippen LogP contribution is 2.14. The van der Waals surface area contributed by atoms with Crippen molar-refractivity contribution >= 4 is 17.3 Å². The minimum atomic E-state index is 0.750. The highest BCUT2D eigenvalue weighted by atomic mass is 35.5. The van der Waals surface area contributed by atoms with E-state index in [9.17, 15) is 0 Å². The lowest BCUT2D eigenvalue weighted by atomic mass is 10.3. The summed E-state index contributed by atoms with van der Waals surface area (Å²) in [5, 5.41) is 8.36. The van der Waals surface area contributed by atoms with Gasteiger partial charge in [-0.2, -0.15) is 5.10 Å². The van der Waals surface area contributed by atoms with Crippen molar-refractivity contribution in [1.82, 2.24) is 9.78 Å². The molecule has 0 atom stereocenters. The first-order valence-corrected chi connectivity index (χ1v) is 5.61. The molecular weight excluding hydrogens is 222 g/mol. The molecule has 0 saturated carbocycles. The van der Waals surface area contributed by atoms with E-state index in [0.29, 0.717) is 0 Å². The van der Waals surface area contributed by atoms with Gasteiger partial charge in [0.2, 0.25) is 0 Å². The predicted octanol–water partition coefficient (Wildman–Crippen LogP) is 2.96. The van der Waals surface area contributed by atoms with Crippen LogP contribution in [0.3, 0.4) is 0 Å². The zero-order valence-corrected chi connectivity index (χ0v) is 9.91. The van der Waals surface area contributed by atoms with Crippen LogP contribution in [0.5, 0.6) is 0 Å². The highest BCUT2D eigenvalue weighted by Gasteiger charge is 1.95. The summed E-state index contributed by atoms with van der Waals surface area (Å²) in [7, 11) is 0. The maximum Gasteiger partial charge on any atom is 0.0593 e. The first-order valence-electron chi connectivity index (χ1n) is 5.23. The number of aromatic nitrogens is 2. The molecule has 0 spiro atoms. The first kappa shape index (κ1) is 11.0. The summed E-state index contributed by atoms with van der Waals surface area (Å²) < 4.78 is 1.92. The van der Waals surface area contributed by atoms with Gasteiger partial charge in [0, 0.05) is 23.5 Å². The third-order valence-corrected chi connectivity index (χ3v) is 2.50. The highest BCUT2D eigenvalue weighted by molar-refractivity contribution is 6.30. The Morgan fingerprint density at radius 1 is 1.38 bits per heavy atom. The molecule has 0 aliphatic carbocycles. The average molecular weight is 236 g/mol. The quantitative estimate of drug-likeness (QED) is 0.883. The van der Waals surface area contributed by atoms with Crippen LogP contribution in [0.15, 0.2) is 36.5 Å². The molecule has 1 N–H and O–H groups in total. The van der Waals surface area contributed by atoms with E-state index in [1.807, 2.05) is 48.1 Å². The van der Waals surface area contributed by atoms with Gasteiger partial charge in [-0.05, 0) is 31.2 Å². The van der Waals surface area contributed by atoms with Gasteiger partial charge in [-0.15, -0.1) is 0 Å². The van der Waals surface area contributed by atoms with Crippen LogP contribution < -0.4 is 5.32 Å². The van der Waals surface area contributed by atoms with Crippen molar-refractivity contribution < 1.29 is 0 Å². The average Bonchev–Trinajstić information content (AvgIpc) is 2.64. The van der Waals surface area contributed by atoms with Crippen LogP contribution in [0.1, 0.15) is 5.69 Å². The van der Waals surface area contributed by atoms with E-state index >= 15 is 0 Å². The Hall–Kier alpha value is -1.48. The summed E-state index contributed by atoms with van der Waals surface area (Å²) in [5.74, 6) is 0. The van der Waals surface area contributed by atoms with Gasteiger partial charge in [0.1, 0.15) is 0 Å². The van der Waals surface area contributed by atoms with Crippen LogP contribution in [-0.4, -0.2) is 16.3 Å².